The van der Waals surface area contributed by atoms with Crippen LogP contribution in [0.5, 0.6) is 0 Å². The molecule has 3 rings (SSSR count). The summed E-state index contributed by atoms with van der Waals surface area (Å²) in [6, 6.07) is 8.78. The summed E-state index contributed by atoms with van der Waals surface area (Å²) in [7, 11) is -3.25. The molecule has 1 N–H and O–H groups in total. The molecule has 1 aliphatic carbocycles. The number of nitrogens with zero attached hydrogens (tertiary/aromatic N) is 3. The van der Waals surface area contributed by atoms with Crippen LogP contribution in [0.2, 0.25) is 0 Å². The number of ketones is 1. The number of sulfone groups is 1. The van der Waals surface area contributed by atoms with Crippen molar-refractivity contribution in [2.24, 2.45) is 0 Å². The van der Waals surface area contributed by atoms with Crippen LogP contribution in [0.25, 0.3) is 11.3 Å². The molecule has 0 aliphatic heterocycles. The number of unbranched alkanes of at least 4 members (excludes halogenated alkanes) is 4. The molecule has 9 heteroatoms. The number of rotatable bonds is 19. The average Bonchev–Trinajstić information content (AvgIpc) is 3.49. The first-order valence-electron chi connectivity index (χ1n) is 17.5. The highest BCUT2D eigenvalue weighted by molar-refractivity contribution is 7.90. The van der Waals surface area contributed by atoms with Crippen LogP contribution in [-0.2, 0) is 9.84 Å². The first-order chi connectivity index (χ1) is 21.1. The van der Waals surface area contributed by atoms with E-state index in [1.807, 2.05) is 4.68 Å². The number of carbonyl (C=O) groups is 1. The second-order valence-electron chi connectivity index (χ2n) is 12.8. The van der Waals surface area contributed by atoms with Gasteiger partial charge in [-0.1, -0.05) is 84.8 Å². The van der Waals surface area contributed by atoms with Crippen molar-refractivity contribution < 1.29 is 27.5 Å². The highest BCUT2D eigenvalue weighted by atomic mass is 32.2. The topological polar surface area (TPSA) is 89.3 Å². The second kappa shape index (κ2) is 21.6. The van der Waals surface area contributed by atoms with Crippen molar-refractivity contribution in [1.29, 1.82) is 0 Å². The SMILES string of the molecule is CCCC[N+](CCCC)(CCCC)CCCC.CS(=O)(=O)c1ccc(-c2cc(C(=O)CCCO)nn2C2CCCCC2)cc1.[F-]. The number of benzene rings is 1. The van der Waals surface area contributed by atoms with Gasteiger partial charge >= 0.3 is 0 Å². The maximum absolute atomic E-state index is 12.4. The minimum Gasteiger partial charge on any atom is -1.00 e. The molecule has 0 saturated heterocycles. The van der Waals surface area contributed by atoms with E-state index in [9.17, 15) is 13.2 Å². The van der Waals surface area contributed by atoms with Gasteiger partial charge in [0.1, 0.15) is 5.69 Å². The molecule has 0 bridgehead atoms. The third-order valence-corrected chi connectivity index (χ3v) is 10.2. The van der Waals surface area contributed by atoms with Gasteiger partial charge in [-0.3, -0.25) is 9.48 Å². The van der Waals surface area contributed by atoms with Gasteiger partial charge in [0.2, 0.25) is 0 Å². The van der Waals surface area contributed by atoms with Crippen molar-refractivity contribution in [2.75, 3.05) is 39.0 Å². The first-order valence-corrected chi connectivity index (χ1v) is 19.4. The molecule has 1 aliphatic rings. The molecule has 0 amide bonds. The molecule has 0 radical (unpaired) electrons. The predicted octanol–water partition coefficient (Wildman–Crippen LogP) is 5.42. The Morgan fingerprint density at radius 1 is 0.844 bits per heavy atom. The fraction of sp³-hybridized carbons (Fsp3) is 0.722. The maximum Gasteiger partial charge on any atom is 0.183 e. The Bertz CT molecular complexity index is 1150. The van der Waals surface area contributed by atoms with E-state index in [1.54, 1.807) is 30.3 Å². The molecule has 1 heterocycles. The van der Waals surface area contributed by atoms with Crippen LogP contribution in [0, 0.1) is 0 Å². The summed E-state index contributed by atoms with van der Waals surface area (Å²) in [4.78, 5) is 12.7. The highest BCUT2D eigenvalue weighted by Crippen LogP contribution is 2.33. The Morgan fingerprint density at radius 2 is 1.33 bits per heavy atom. The van der Waals surface area contributed by atoms with Gasteiger partial charge in [-0.05, 0) is 68.7 Å². The number of hydrogen-bond acceptors (Lipinski definition) is 5. The lowest BCUT2D eigenvalue weighted by Crippen LogP contribution is -3.00. The van der Waals surface area contributed by atoms with Crippen molar-refractivity contribution in [3.05, 3.63) is 36.0 Å². The molecular weight excluding hydrogens is 589 g/mol. The van der Waals surface area contributed by atoms with Crippen LogP contribution in [0.3, 0.4) is 0 Å². The van der Waals surface area contributed by atoms with Gasteiger partial charge in [-0.25, -0.2) is 8.42 Å². The van der Waals surface area contributed by atoms with Gasteiger partial charge in [0.05, 0.1) is 42.8 Å². The molecular formula is C36H62FN3O4S. The van der Waals surface area contributed by atoms with E-state index < -0.39 is 9.84 Å². The van der Waals surface area contributed by atoms with E-state index in [-0.39, 0.29) is 34.5 Å². The van der Waals surface area contributed by atoms with E-state index in [4.69, 9.17) is 5.11 Å². The number of aliphatic hydroxyl groups excluding tert-OH is 1. The zero-order chi connectivity index (χ0) is 32.4. The molecule has 1 aromatic heterocycles. The van der Waals surface area contributed by atoms with Crippen molar-refractivity contribution in [2.45, 2.75) is 135 Å². The van der Waals surface area contributed by atoms with E-state index in [0.29, 0.717) is 12.1 Å². The fourth-order valence-electron chi connectivity index (χ4n) is 6.24. The van der Waals surface area contributed by atoms with Crippen LogP contribution < -0.4 is 4.70 Å². The highest BCUT2D eigenvalue weighted by Gasteiger charge is 2.25. The van der Waals surface area contributed by atoms with Gasteiger partial charge in [-0.2, -0.15) is 5.10 Å². The third kappa shape index (κ3) is 13.7. The summed E-state index contributed by atoms with van der Waals surface area (Å²) in [5.41, 5.74) is 2.10. The molecule has 45 heavy (non-hydrogen) atoms. The number of carbonyl (C=O) groups excluding carboxylic acids is 1. The van der Waals surface area contributed by atoms with Gasteiger partial charge in [0, 0.05) is 19.3 Å². The summed E-state index contributed by atoms with van der Waals surface area (Å²) in [6.07, 6.45) is 18.5. The summed E-state index contributed by atoms with van der Waals surface area (Å²) < 4.78 is 26.8. The Kier molecular flexibility index (Phi) is 19.7. The summed E-state index contributed by atoms with van der Waals surface area (Å²) >= 11 is 0. The summed E-state index contributed by atoms with van der Waals surface area (Å²) in [6.45, 7) is 15.0. The zero-order valence-electron chi connectivity index (χ0n) is 28.9. The quantitative estimate of drug-likeness (QED) is 0.162. The Balaban J connectivity index is 0.000000491. The van der Waals surface area contributed by atoms with Crippen LogP contribution >= 0.6 is 0 Å². The van der Waals surface area contributed by atoms with E-state index >= 15 is 0 Å². The van der Waals surface area contributed by atoms with Gasteiger partial charge in [0.25, 0.3) is 0 Å². The van der Waals surface area contributed by atoms with Crippen molar-refractivity contribution in [3.8, 4) is 11.3 Å². The van der Waals surface area contributed by atoms with Crippen LogP contribution in [-0.4, -0.2) is 72.6 Å². The van der Waals surface area contributed by atoms with Crippen LogP contribution in [0.1, 0.15) is 141 Å². The van der Waals surface area contributed by atoms with E-state index in [2.05, 4.69) is 32.8 Å². The van der Waals surface area contributed by atoms with Crippen LogP contribution in [0.4, 0.5) is 0 Å². The van der Waals surface area contributed by atoms with Crippen molar-refractivity contribution in [1.82, 2.24) is 9.78 Å². The number of halogens is 1. The lowest BCUT2D eigenvalue weighted by Gasteiger charge is -2.39. The monoisotopic (exact) mass is 651 g/mol. The standard InChI is InChI=1S/C20H26N2O4S.C16H36N.FH/c1-27(25,26)17-11-9-15(10-12-17)19-14-18(20(24)8-5-13-23)21-22(19)16-6-3-2-4-7-16;1-5-9-13-17(14-10-6-2,15-11-7-3)16-12-8-4;/h9-12,14,16,23H,2-8,13H2,1H3;5-16H2,1-4H3;1H/q;+1;/p-1. The summed E-state index contributed by atoms with van der Waals surface area (Å²) in [5, 5.41) is 13.6. The van der Waals surface area contributed by atoms with Gasteiger partial charge in [0.15, 0.2) is 15.6 Å². The Morgan fingerprint density at radius 3 is 1.76 bits per heavy atom. The molecule has 1 fully saturated rings. The van der Waals surface area contributed by atoms with Crippen molar-refractivity contribution >= 4 is 15.6 Å². The maximum atomic E-state index is 12.4. The van der Waals surface area contributed by atoms with E-state index in [0.717, 1.165) is 36.9 Å². The average molecular weight is 652 g/mol. The third-order valence-electron chi connectivity index (χ3n) is 9.03. The lowest BCUT2D eigenvalue weighted by atomic mass is 9.95. The predicted molar refractivity (Wildman–Crippen MR) is 183 cm³/mol. The van der Waals surface area contributed by atoms with Gasteiger partial charge < -0.3 is 14.3 Å². The first kappa shape index (κ1) is 40.9. The van der Waals surface area contributed by atoms with E-state index in [1.165, 1.54) is 94.7 Å². The summed E-state index contributed by atoms with van der Waals surface area (Å²) in [5.74, 6) is -0.0763. The largest absolute Gasteiger partial charge is 1.00 e. The molecule has 1 saturated carbocycles. The lowest BCUT2D eigenvalue weighted by molar-refractivity contribution is -0.929. The number of quaternary nitrogens is 1. The Hall–Kier alpha value is -2.10. The van der Waals surface area contributed by atoms with Crippen LogP contribution in [0.15, 0.2) is 35.2 Å². The number of Topliss-reactive ketones (excluding diaryl/α,β-unsaturated/α-hetero) is 1. The molecule has 258 valence electrons. The number of aliphatic hydroxyl groups is 1. The molecule has 0 unspecified atom stereocenters. The molecule has 0 spiro atoms. The van der Waals surface area contributed by atoms with Crippen molar-refractivity contribution in [3.63, 3.8) is 0 Å². The fourth-order valence-corrected chi connectivity index (χ4v) is 6.87. The molecule has 1 aromatic carbocycles. The minimum atomic E-state index is -3.25. The molecule has 0 atom stereocenters. The Labute approximate surface area is 273 Å². The number of aromatic nitrogens is 2. The van der Waals surface area contributed by atoms with Gasteiger partial charge in [-0.15, -0.1) is 0 Å². The molecule has 7 nitrogen and oxygen atoms in total. The smallest absolute Gasteiger partial charge is 0.183 e. The molecule has 2 aromatic rings. The second-order valence-corrected chi connectivity index (χ2v) is 14.9. The minimum absolute atomic E-state index is 0. The normalized spacial score (nSPS) is 14.0. The number of hydrogen-bond donors (Lipinski definition) is 1. The zero-order valence-corrected chi connectivity index (χ0v) is 29.7.